The second-order valence-corrected chi connectivity index (χ2v) is 9.23. The van der Waals surface area contributed by atoms with E-state index >= 15 is 0 Å². The van der Waals surface area contributed by atoms with Gasteiger partial charge in [0.2, 0.25) is 10.0 Å². The van der Waals surface area contributed by atoms with E-state index in [-0.39, 0.29) is 21.2 Å². The number of nitrogens with one attached hydrogen (secondary N) is 1. The van der Waals surface area contributed by atoms with Crippen molar-refractivity contribution in [1.82, 2.24) is 0 Å². The van der Waals surface area contributed by atoms with Crippen molar-refractivity contribution in [2.24, 2.45) is 5.14 Å². The van der Waals surface area contributed by atoms with Crippen molar-refractivity contribution in [2.45, 2.75) is 9.79 Å². The van der Waals surface area contributed by atoms with Gasteiger partial charge in [-0.1, -0.05) is 15.9 Å². The van der Waals surface area contributed by atoms with Gasteiger partial charge < -0.3 is 11.1 Å². The van der Waals surface area contributed by atoms with Gasteiger partial charge in [0.1, 0.15) is 4.90 Å². The van der Waals surface area contributed by atoms with Crippen LogP contribution in [0.15, 0.2) is 50.7 Å². The Bertz CT molecular complexity index is 955. The van der Waals surface area contributed by atoms with Gasteiger partial charge in [0, 0.05) is 16.4 Å². The molecule has 0 heterocycles. The van der Waals surface area contributed by atoms with Crippen molar-refractivity contribution in [3.63, 3.8) is 0 Å². The molecule has 23 heavy (non-hydrogen) atoms. The van der Waals surface area contributed by atoms with Gasteiger partial charge in [-0.25, -0.2) is 22.0 Å². The second kappa shape index (κ2) is 6.11. The monoisotopic (exact) mass is 419 g/mol. The summed E-state index contributed by atoms with van der Waals surface area (Å²) >= 11 is 3.29. The maximum absolute atomic E-state index is 11.9. The zero-order valence-corrected chi connectivity index (χ0v) is 15.2. The Morgan fingerprint density at radius 3 is 1.96 bits per heavy atom. The molecule has 0 atom stereocenters. The Hall–Kier alpha value is -1.62. The van der Waals surface area contributed by atoms with Gasteiger partial charge in [0.05, 0.1) is 16.3 Å². The number of hydrogen-bond donors (Lipinski definition) is 3. The van der Waals surface area contributed by atoms with E-state index in [2.05, 4.69) is 21.2 Å². The highest BCUT2D eigenvalue weighted by atomic mass is 79.9. The molecule has 0 aromatic heterocycles. The van der Waals surface area contributed by atoms with E-state index in [0.29, 0.717) is 5.69 Å². The molecule has 0 aliphatic heterocycles. The lowest BCUT2D eigenvalue weighted by atomic mass is 10.2. The van der Waals surface area contributed by atoms with Crippen molar-refractivity contribution < 1.29 is 16.8 Å². The number of anilines is 3. The maximum Gasteiger partial charge on any atom is 0.240 e. The van der Waals surface area contributed by atoms with E-state index in [1.807, 2.05) is 0 Å². The third-order valence-electron chi connectivity index (χ3n) is 2.99. The first kappa shape index (κ1) is 17.7. The van der Waals surface area contributed by atoms with Crippen LogP contribution >= 0.6 is 15.9 Å². The van der Waals surface area contributed by atoms with Crippen LogP contribution in [0.3, 0.4) is 0 Å². The van der Waals surface area contributed by atoms with Crippen LogP contribution < -0.4 is 16.2 Å². The fourth-order valence-corrected chi connectivity index (χ4v) is 3.72. The van der Waals surface area contributed by atoms with Gasteiger partial charge in [-0.05, 0) is 36.4 Å². The molecule has 0 aliphatic rings. The molecule has 0 saturated heterocycles. The molecule has 0 amide bonds. The smallest absolute Gasteiger partial charge is 0.240 e. The Labute approximate surface area is 142 Å². The molecule has 0 saturated carbocycles. The molecule has 0 radical (unpaired) electrons. The molecule has 0 spiro atoms. The molecule has 2 rings (SSSR count). The number of nitrogens with two attached hydrogens (primary N) is 2. The Balaban J connectivity index is 2.69. The number of sulfone groups is 1. The lowest BCUT2D eigenvalue weighted by molar-refractivity contribution is 0.596. The predicted molar refractivity (Wildman–Crippen MR) is 92.8 cm³/mol. The predicted octanol–water partition coefficient (Wildman–Crippen LogP) is 1.83. The van der Waals surface area contributed by atoms with E-state index in [0.717, 1.165) is 22.9 Å². The second-order valence-electron chi connectivity index (χ2n) is 4.80. The third-order valence-corrected chi connectivity index (χ3v) is 5.62. The highest BCUT2D eigenvalue weighted by Gasteiger charge is 2.22. The average molecular weight is 420 g/mol. The van der Waals surface area contributed by atoms with Gasteiger partial charge >= 0.3 is 0 Å². The largest absolute Gasteiger partial charge is 0.396 e. The molecule has 0 fully saturated rings. The summed E-state index contributed by atoms with van der Waals surface area (Å²) in [4.78, 5) is -0.463. The first-order valence-corrected chi connectivity index (χ1v) is 10.4. The Morgan fingerprint density at radius 1 is 0.957 bits per heavy atom. The summed E-state index contributed by atoms with van der Waals surface area (Å²) in [5, 5.41) is 7.95. The van der Waals surface area contributed by atoms with Crippen LogP contribution in [0.2, 0.25) is 0 Å². The molecule has 2 aromatic rings. The fraction of sp³-hybridized carbons (Fsp3) is 0.0769. The van der Waals surface area contributed by atoms with E-state index < -0.39 is 19.9 Å². The summed E-state index contributed by atoms with van der Waals surface area (Å²) in [5.41, 5.74) is 6.11. The average Bonchev–Trinajstić information content (AvgIpc) is 2.40. The molecule has 7 nitrogen and oxygen atoms in total. The van der Waals surface area contributed by atoms with Crippen molar-refractivity contribution in [1.29, 1.82) is 0 Å². The quantitative estimate of drug-likeness (QED) is 0.647. The summed E-state index contributed by atoms with van der Waals surface area (Å²) in [6, 6.07) is 9.07. The minimum atomic E-state index is -4.08. The molecule has 0 unspecified atom stereocenters. The normalized spacial score (nSPS) is 12.1. The van der Waals surface area contributed by atoms with Crippen LogP contribution in [0.1, 0.15) is 0 Å². The molecular weight excluding hydrogens is 406 g/mol. The van der Waals surface area contributed by atoms with Gasteiger partial charge in [-0.2, -0.15) is 0 Å². The topological polar surface area (TPSA) is 132 Å². The molecule has 2 aromatic carbocycles. The number of halogens is 1. The highest BCUT2D eigenvalue weighted by Crippen LogP contribution is 2.35. The van der Waals surface area contributed by atoms with Crippen LogP contribution in [0.25, 0.3) is 0 Å². The first-order valence-electron chi connectivity index (χ1n) is 6.18. The molecule has 5 N–H and O–H groups in total. The summed E-state index contributed by atoms with van der Waals surface area (Å²) in [5.74, 6) is 0. The standard InChI is InChI=1S/C13H14BrN3O4S2/c1-22(18,19)11-7-6-10(23(16,20)21)12(15)13(11)17-9-4-2-8(14)3-5-9/h2-7,17H,15H2,1H3,(H2,16,20,21). The number of nitrogen functional groups attached to an aromatic ring is 1. The zero-order valence-electron chi connectivity index (χ0n) is 11.9. The third kappa shape index (κ3) is 4.02. The summed E-state index contributed by atoms with van der Waals surface area (Å²) in [6.45, 7) is 0. The highest BCUT2D eigenvalue weighted by molar-refractivity contribution is 9.10. The van der Waals surface area contributed by atoms with E-state index in [4.69, 9.17) is 10.9 Å². The van der Waals surface area contributed by atoms with E-state index in [9.17, 15) is 16.8 Å². The van der Waals surface area contributed by atoms with Crippen molar-refractivity contribution in [2.75, 3.05) is 17.3 Å². The Morgan fingerprint density at radius 2 is 1.48 bits per heavy atom. The van der Waals surface area contributed by atoms with E-state index in [1.165, 1.54) is 0 Å². The van der Waals surface area contributed by atoms with Gasteiger partial charge in [0.25, 0.3) is 0 Å². The van der Waals surface area contributed by atoms with Crippen LogP contribution in [-0.4, -0.2) is 23.1 Å². The van der Waals surface area contributed by atoms with E-state index in [1.54, 1.807) is 24.3 Å². The molecule has 0 aliphatic carbocycles. The molecule has 10 heteroatoms. The summed E-state index contributed by atoms with van der Waals surface area (Å²) in [7, 11) is -7.72. The minimum Gasteiger partial charge on any atom is -0.396 e. The summed E-state index contributed by atoms with van der Waals surface area (Å²) < 4.78 is 47.8. The number of primary sulfonamides is 1. The molecule has 0 bridgehead atoms. The number of hydrogen-bond acceptors (Lipinski definition) is 6. The fourth-order valence-electron chi connectivity index (χ4n) is 1.94. The molecular formula is C13H14BrN3O4S2. The lowest BCUT2D eigenvalue weighted by Crippen LogP contribution is -2.16. The number of rotatable bonds is 4. The van der Waals surface area contributed by atoms with Gasteiger partial charge in [0.15, 0.2) is 9.84 Å². The zero-order chi connectivity index (χ0) is 17.4. The minimum absolute atomic E-state index is 0.0265. The number of benzene rings is 2. The van der Waals surface area contributed by atoms with Crippen molar-refractivity contribution in [3.8, 4) is 0 Å². The molecule has 124 valence electrons. The first-order chi connectivity index (χ1) is 10.5. The van der Waals surface area contributed by atoms with Crippen LogP contribution in [0.5, 0.6) is 0 Å². The van der Waals surface area contributed by atoms with Crippen LogP contribution in [0.4, 0.5) is 17.1 Å². The van der Waals surface area contributed by atoms with Gasteiger partial charge in [-0.3, -0.25) is 0 Å². The SMILES string of the molecule is CS(=O)(=O)c1ccc(S(N)(=O)=O)c(N)c1Nc1ccc(Br)cc1. The van der Waals surface area contributed by atoms with Gasteiger partial charge in [-0.15, -0.1) is 0 Å². The summed E-state index contributed by atoms with van der Waals surface area (Å²) in [6.07, 6.45) is 1.01. The van der Waals surface area contributed by atoms with Crippen molar-refractivity contribution >= 4 is 52.9 Å². The Kier molecular flexibility index (Phi) is 4.71. The lowest BCUT2D eigenvalue weighted by Gasteiger charge is -2.16. The number of sulfonamides is 1. The maximum atomic E-state index is 11.9. The van der Waals surface area contributed by atoms with Crippen LogP contribution in [0, 0.1) is 0 Å². The van der Waals surface area contributed by atoms with Crippen LogP contribution in [-0.2, 0) is 19.9 Å². The van der Waals surface area contributed by atoms with Crippen molar-refractivity contribution in [3.05, 3.63) is 40.9 Å².